The zero-order valence-electron chi connectivity index (χ0n) is 14.1. The van der Waals surface area contributed by atoms with E-state index in [2.05, 4.69) is 10.1 Å². The third kappa shape index (κ3) is 3.85. The molecule has 2 heterocycles. The third-order valence-corrected chi connectivity index (χ3v) is 6.13. The molecule has 1 aliphatic heterocycles. The van der Waals surface area contributed by atoms with Gasteiger partial charge in [-0.15, -0.1) is 0 Å². The Bertz CT molecular complexity index is 801. The quantitative estimate of drug-likeness (QED) is 0.846. The van der Waals surface area contributed by atoms with Crippen LogP contribution < -0.4 is 0 Å². The molecule has 0 spiro atoms. The van der Waals surface area contributed by atoms with E-state index < -0.39 is 10.0 Å². The lowest BCUT2D eigenvalue weighted by atomic mass is 10.2. The molecule has 2 aromatic rings. The molecule has 3 rings (SSSR count). The summed E-state index contributed by atoms with van der Waals surface area (Å²) in [5, 5.41) is 4.02. The SMILES string of the molecule is Cc1cccc(S(=O)(=O)N2CCCN(Cc3cc(C)on3)CC2)c1. The van der Waals surface area contributed by atoms with E-state index >= 15 is 0 Å². The summed E-state index contributed by atoms with van der Waals surface area (Å²) in [6, 6.07) is 9.02. The van der Waals surface area contributed by atoms with Crippen molar-refractivity contribution in [1.29, 1.82) is 0 Å². The average molecular weight is 349 g/mol. The molecule has 1 fully saturated rings. The van der Waals surface area contributed by atoms with E-state index in [1.807, 2.05) is 26.0 Å². The van der Waals surface area contributed by atoms with Gasteiger partial charge in [-0.2, -0.15) is 4.31 Å². The Hall–Kier alpha value is -1.70. The van der Waals surface area contributed by atoms with Crippen LogP contribution in [0.2, 0.25) is 0 Å². The molecule has 24 heavy (non-hydrogen) atoms. The summed E-state index contributed by atoms with van der Waals surface area (Å²) < 4.78 is 32.4. The largest absolute Gasteiger partial charge is 0.361 e. The lowest BCUT2D eigenvalue weighted by molar-refractivity contribution is 0.268. The topological polar surface area (TPSA) is 66.7 Å². The summed E-state index contributed by atoms with van der Waals surface area (Å²) in [7, 11) is -3.43. The fraction of sp³-hybridized carbons (Fsp3) is 0.471. The fourth-order valence-corrected chi connectivity index (χ4v) is 4.57. The Kier molecular flexibility index (Phi) is 5.03. The molecule has 1 aliphatic rings. The molecular weight excluding hydrogens is 326 g/mol. The number of rotatable bonds is 4. The number of hydrogen-bond acceptors (Lipinski definition) is 5. The van der Waals surface area contributed by atoms with Gasteiger partial charge in [0.15, 0.2) is 0 Å². The molecule has 130 valence electrons. The van der Waals surface area contributed by atoms with Gasteiger partial charge in [0.2, 0.25) is 10.0 Å². The molecule has 1 aromatic carbocycles. The Morgan fingerprint density at radius 3 is 2.67 bits per heavy atom. The van der Waals surface area contributed by atoms with Crippen molar-refractivity contribution in [3.63, 3.8) is 0 Å². The first kappa shape index (κ1) is 17.1. The van der Waals surface area contributed by atoms with Crippen molar-refractivity contribution < 1.29 is 12.9 Å². The van der Waals surface area contributed by atoms with E-state index in [9.17, 15) is 8.42 Å². The van der Waals surface area contributed by atoms with Gasteiger partial charge >= 0.3 is 0 Å². The summed E-state index contributed by atoms with van der Waals surface area (Å²) in [5.74, 6) is 0.795. The summed E-state index contributed by atoms with van der Waals surface area (Å²) in [4.78, 5) is 2.60. The van der Waals surface area contributed by atoms with Gasteiger partial charge in [-0.05, 0) is 44.5 Å². The monoisotopic (exact) mass is 349 g/mol. The lowest BCUT2D eigenvalue weighted by Crippen LogP contribution is -2.35. The molecule has 1 saturated heterocycles. The molecule has 1 aromatic heterocycles. The molecule has 6 nitrogen and oxygen atoms in total. The molecule has 0 radical (unpaired) electrons. The van der Waals surface area contributed by atoms with E-state index in [4.69, 9.17) is 4.52 Å². The van der Waals surface area contributed by atoms with Crippen molar-refractivity contribution in [2.75, 3.05) is 26.2 Å². The van der Waals surface area contributed by atoms with E-state index in [1.165, 1.54) is 0 Å². The van der Waals surface area contributed by atoms with Gasteiger partial charge in [-0.3, -0.25) is 4.90 Å². The molecule has 0 aliphatic carbocycles. The zero-order valence-corrected chi connectivity index (χ0v) is 14.9. The van der Waals surface area contributed by atoms with Crippen LogP contribution in [-0.4, -0.2) is 49.0 Å². The van der Waals surface area contributed by atoms with Gasteiger partial charge in [-0.25, -0.2) is 8.42 Å². The molecule has 7 heteroatoms. The Balaban J connectivity index is 1.68. The number of aromatic nitrogens is 1. The molecule has 0 unspecified atom stereocenters. The van der Waals surface area contributed by atoms with E-state index in [0.717, 1.165) is 30.0 Å². The van der Waals surface area contributed by atoms with E-state index in [0.29, 0.717) is 31.1 Å². The number of nitrogens with zero attached hydrogens (tertiary/aromatic N) is 3. The highest BCUT2D eigenvalue weighted by molar-refractivity contribution is 7.89. The molecule has 0 bridgehead atoms. The number of benzene rings is 1. The normalized spacial score (nSPS) is 17.8. The standard InChI is InChI=1S/C17H23N3O3S/c1-14-5-3-6-17(11-14)24(21,22)20-8-4-7-19(9-10-20)13-16-12-15(2)23-18-16/h3,5-6,11-12H,4,7-10,13H2,1-2H3. The second kappa shape index (κ2) is 7.04. The molecular formula is C17H23N3O3S. The average Bonchev–Trinajstić information content (AvgIpc) is 2.80. The van der Waals surface area contributed by atoms with Crippen molar-refractivity contribution in [2.45, 2.75) is 31.7 Å². The van der Waals surface area contributed by atoms with Crippen LogP contribution in [-0.2, 0) is 16.6 Å². The highest BCUT2D eigenvalue weighted by Gasteiger charge is 2.27. The summed E-state index contributed by atoms with van der Waals surface area (Å²) in [6.07, 6.45) is 0.807. The minimum Gasteiger partial charge on any atom is -0.361 e. The van der Waals surface area contributed by atoms with Crippen molar-refractivity contribution in [2.24, 2.45) is 0 Å². The first-order valence-electron chi connectivity index (χ1n) is 8.16. The second-order valence-corrected chi connectivity index (χ2v) is 8.22. The number of hydrogen-bond donors (Lipinski definition) is 0. The predicted molar refractivity (Wildman–Crippen MR) is 91.1 cm³/mol. The van der Waals surface area contributed by atoms with Crippen LogP contribution in [0.15, 0.2) is 39.8 Å². The van der Waals surface area contributed by atoms with Gasteiger partial charge < -0.3 is 4.52 Å². The van der Waals surface area contributed by atoms with Crippen molar-refractivity contribution >= 4 is 10.0 Å². The predicted octanol–water partition coefficient (Wildman–Crippen LogP) is 2.19. The smallest absolute Gasteiger partial charge is 0.243 e. The summed E-state index contributed by atoms with van der Waals surface area (Å²) >= 11 is 0. The third-order valence-electron chi connectivity index (χ3n) is 4.24. The maximum atomic E-state index is 12.8. The van der Waals surface area contributed by atoms with Crippen LogP contribution in [0, 0.1) is 13.8 Å². The Morgan fingerprint density at radius 1 is 1.12 bits per heavy atom. The van der Waals surface area contributed by atoms with Crippen molar-refractivity contribution in [1.82, 2.24) is 14.4 Å². The lowest BCUT2D eigenvalue weighted by Gasteiger charge is -2.21. The minimum absolute atomic E-state index is 0.378. The van der Waals surface area contributed by atoms with E-state index in [-0.39, 0.29) is 0 Å². The van der Waals surface area contributed by atoms with Gasteiger partial charge in [0.05, 0.1) is 10.6 Å². The van der Waals surface area contributed by atoms with Crippen molar-refractivity contribution in [3.8, 4) is 0 Å². The number of sulfonamides is 1. The maximum absolute atomic E-state index is 12.8. The van der Waals surface area contributed by atoms with Crippen LogP contribution in [0.3, 0.4) is 0 Å². The molecule has 0 saturated carbocycles. The maximum Gasteiger partial charge on any atom is 0.243 e. The first-order valence-corrected chi connectivity index (χ1v) is 9.60. The molecule has 0 N–H and O–H groups in total. The highest BCUT2D eigenvalue weighted by Crippen LogP contribution is 2.19. The Labute approximate surface area is 143 Å². The van der Waals surface area contributed by atoms with Gasteiger partial charge in [-0.1, -0.05) is 17.3 Å². The van der Waals surface area contributed by atoms with Gasteiger partial charge in [0, 0.05) is 32.2 Å². The van der Waals surface area contributed by atoms with Crippen LogP contribution >= 0.6 is 0 Å². The van der Waals surface area contributed by atoms with Crippen LogP contribution in [0.25, 0.3) is 0 Å². The summed E-state index contributed by atoms with van der Waals surface area (Å²) in [6.45, 7) is 7.05. The van der Waals surface area contributed by atoms with Crippen LogP contribution in [0.4, 0.5) is 0 Å². The van der Waals surface area contributed by atoms with E-state index in [1.54, 1.807) is 22.5 Å². The second-order valence-electron chi connectivity index (χ2n) is 6.28. The molecule has 0 atom stereocenters. The highest BCUT2D eigenvalue weighted by atomic mass is 32.2. The van der Waals surface area contributed by atoms with Crippen LogP contribution in [0.1, 0.15) is 23.4 Å². The summed E-state index contributed by atoms with van der Waals surface area (Å²) in [5.41, 5.74) is 1.84. The fourth-order valence-electron chi connectivity index (χ4n) is 2.99. The zero-order chi connectivity index (χ0) is 17.2. The van der Waals surface area contributed by atoms with Gasteiger partial charge in [0.25, 0.3) is 0 Å². The van der Waals surface area contributed by atoms with Gasteiger partial charge in [0.1, 0.15) is 5.76 Å². The molecule has 0 amide bonds. The van der Waals surface area contributed by atoms with Crippen molar-refractivity contribution in [3.05, 3.63) is 47.3 Å². The first-order chi connectivity index (χ1) is 11.4. The minimum atomic E-state index is -3.43. The Morgan fingerprint density at radius 2 is 1.96 bits per heavy atom. The number of aryl methyl sites for hydroxylation is 2. The van der Waals surface area contributed by atoms with Crippen LogP contribution in [0.5, 0.6) is 0 Å².